The summed E-state index contributed by atoms with van der Waals surface area (Å²) in [6, 6.07) is 1.57. The SMILES string of the molecule is O=C(ON1C(=O)CCC1=O)c1occc1I. The van der Waals surface area contributed by atoms with Gasteiger partial charge in [-0.05, 0) is 28.7 Å². The van der Waals surface area contributed by atoms with Gasteiger partial charge in [0, 0.05) is 12.8 Å². The van der Waals surface area contributed by atoms with Crippen LogP contribution in [-0.2, 0) is 14.4 Å². The molecule has 0 atom stereocenters. The van der Waals surface area contributed by atoms with Crippen LogP contribution < -0.4 is 0 Å². The minimum absolute atomic E-state index is 0.0203. The lowest BCUT2D eigenvalue weighted by Crippen LogP contribution is -2.32. The molecule has 0 N–H and O–H groups in total. The van der Waals surface area contributed by atoms with Crippen molar-refractivity contribution in [1.82, 2.24) is 5.06 Å². The van der Waals surface area contributed by atoms with Gasteiger partial charge in [-0.2, -0.15) is 0 Å². The summed E-state index contributed by atoms with van der Waals surface area (Å²) in [5, 5.41) is 0.487. The molecule has 2 rings (SSSR count). The first kappa shape index (κ1) is 11.1. The van der Waals surface area contributed by atoms with Gasteiger partial charge >= 0.3 is 5.97 Å². The highest BCUT2D eigenvalue weighted by Gasteiger charge is 2.34. The Labute approximate surface area is 104 Å². The third-order valence-corrected chi connectivity index (χ3v) is 2.83. The smallest absolute Gasteiger partial charge is 0.400 e. The lowest BCUT2D eigenvalue weighted by Gasteiger charge is -2.11. The van der Waals surface area contributed by atoms with Crippen LogP contribution in [0.4, 0.5) is 0 Å². The highest BCUT2D eigenvalue weighted by molar-refractivity contribution is 14.1. The van der Waals surface area contributed by atoms with Crippen LogP contribution in [0.3, 0.4) is 0 Å². The molecule has 0 saturated carbocycles. The average molecular weight is 335 g/mol. The van der Waals surface area contributed by atoms with Crippen LogP contribution in [0.2, 0.25) is 0 Å². The van der Waals surface area contributed by atoms with Gasteiger partial charge in [-0.25, -0.2) is 4.79 Å². The summed E-state index contributed by atoms with van der Waals surface area (Å²) >= 11 is 1.88. The van der Waals surface area contributed by atoms with E-state index < -0.39 is 17.8 Å². The van der Waals surface area contributed by atoms with Gasteiger partial charge in [0.15, 0.2) is 0 Å². The van der Waals surface area contributed by atoms with E-state index in [4.69, 9.17) is 4.42 Å². The minimum atomic E-state index is -0.849. The fraction of sp³-hybridized carbons (Fsp3) is 0.222. The van der Waals surface area contributed by atoms with E-state index >= 15 is 0 Å². The van der Waals surface area contributed by atoms with Crippen molar-refractivity contribution in [3.8, 4) is 0 Å². The molecule has 7 heteroatoms. The van der Waals surface area contributed by atoms with Crippen LogP contribution in [0.15, 0.2) is 16.7 Å². The number of hydrogen-bond donors (Lipinski definition) is 0. The molecule has 2 heterocycles. The van der Waals surface area contributed by atoms with Crippen LogP contribution in [0.25, 0.3) is 0 Å². The molecule has 0 aromatic carbocycles. The second kappa shape index (κ2) is 4.24. The molecule has 0 radical (unpaired) electrons. The lowest BCUT2D eigenvalue weighted by molar-refractivity contribution is -0.173. The second-order valence-electron chi connectivity index (χ2n) is 3.06. The van der Waals surface area contributed by atoms with Crippen molar-refractivity contribution < 1.29 is 23.6 Å². The molecule has 0 aliphatic carbocycles. The van der Waals surface area contributed by atoms with E-state index in [0.717, 1.165) is 0 Å². The Balaban J connectivity index is 2.11. The maximum atomic E-state index is 11.5. The van der Waals surface area contributed by atoms with Crippen LogP contribution in [0, 0.1) is 3.57 Å². The Morgan fingerprint density at radius 1 is 1.38 bits per heavy atom. The number of imide groups is 1. The number of hydroxylamine groups is 2. The van der Waals surface area contributed by atoms with Crippen molar-refractivity contribution in [2.24, 2.45) is 0 Å². The van der Waals surface area contributed by atoms with Gasteiger partial charge in [0.2, 0.25) is 5.76 Å². The molecule has 1 aliphatic heterocycles. The predicted octanol–water partition coefficient (Wildman–Crippen LogP) is 1.10. The molecule has 1 aromatic heterocycles. The normalized spacial score (nSPS) is 15.7. The molecular weight excluding hydrogens is 329 g/mol. The van der Waals surface area contributed by atoms with Crippen molar-refractivity contribution >= 4 is 40.4 Å². The Morgan fingerprint density at radius 2 is 2.00 bits per heavy atom. The maximum absolute atomic E-state index is 11.5. The van der Waals surface area contributed by atoms with Crippen LogP contribution in [-0.4, -0.2) is 22.8 Å². The van der Waals surface area contributed by atoms with Gasteiger partial charge in [-0.15, -0.1) is 5.06 Å². The highest BCUT2D eigenvalue weighted by atomic mass is 127. The Kier molecular flexibility index (Phi) is 2.95. The van der Waals surface area contributed by atoms with E-state index in [9.17, 15) is 14.4 Å². The van der Waals surface area contributed by atoms with Gasteiger partial charge < -0.3 is 9.25 Å². The molecule has 1 aliphatic rings. The Hall–Kier alpha value is -1.38. The number of carbonyl (C=O) groups excluding carboxylic acids is 3. The van der Waals surface area contributed by atoms with Crippen LogP contribution in [0.1, 0.15) is 23.4 Å². The summed E-state index contributed by atoms with van der Waals surface area (Å²) in [5.74, 6) is -1.90. The summed E-state index contributed by atoms with van der Waals surface area (Å²) in [6.07, 6.45) is 1.47. The fourth-order valence-electron chi connectivity index (χ4n) is 1.22. The largest absolute Gasteiger partial charge is 0.456 e. The summed E-state index contributed by atoms with van der Waals surface area (Å²) in [4.78, 5) is 38.5. The third-order valence-electron chi connectivity index (χ3n) is 1.98. The first-order valence-electron chi connectivity index (χ1n) is 4.40. The number of furan rings is 1. The minimum Gasteiger partial charge on any atom is -0.456 e. The Bertz CT molecular complexity index is 450. The number of rotatable bonds is 2. The zero-order chi connectivity index (χ0) is 11.7. The molecule has 16 heavy (non-hydrogen) atoms. The molecule has 2 amide bonds. The van der Waals surface area contributed by atoms with Gasteiger partial charge in [0.25, 0.3) is 11.8 Å². The van der Waals surface area contributed by atoms with Crippen molar-refractivity contribution in [3.05, 3.63) is 21.7 Å². The summed E-state index contributed by atoms with van der Waals surface area (Å²) in [7, 11) is 0. The van der Waals surface area contributed by atoms with Crippen LogP contribution >= 0.6 is 22.6 Å². The summed E-state index contributed by atoms with van der Waals surface area (Å²) in [5.41, 5.74) is 0. The molecule has 0 unspecified atom stereocenters. The van der Waals surface area contributed by atoms with E-state index in [1.165, 1.54) is 6.26 Å². The predicted molar refractivity (Wildman–Crippen MR) is 57.9 cm³/mol. The number of amides is 2. The average Bonchev–Trinajstić information content (AvgIpc) is 2.79. The van der Waals surface area contributed by atoms with Gasteiger partial charge in [-0.1, -0.05) is 0 Å². The van der Waals surface area contributed by atoms with E-state index in [0.29, 0.717) is 8.63 Å². The van der Waals surface area contributed by atoms with Crippen molar-refractivity contribution in [3.63, 3.8) is 0 Å². The van der Waals surface area contributed by atoms with Crippen LogP contribution in [0.5, 0.6) is 0 Å². The number of nitrogens with zero attached hydrogens (tertiary/aromatic N) is 1. The summed E-state index contributed by atoms with van der Waals surface area (Å²) < 4.78 is 5.43. The quantitative estimate of drug-likeness (QED) is 0.598. The molecule has 6 nitrogen and oxygen atoms in total. The van der Waals surface area contributed by atoms with Gasteiger partial charge in [0.05, 0.1) is 9.83 Å². The van der Waals surface area contributed by atoms with Crippen molar-refractivity contribution in [1.29, 1.82) is 0 Å². The fourth-order valence-corrected chi connectivity index (χ4v) is 1.72. The number of carbonyl (C=O) groups is 3. The standard InChI is InChI=1S/C9H6INO5/c10-5-3-4-15-8(5)9(14)16-11-6(12)1-2-7(11)13/h3-4H,1-2H2. The molecule has 0 spiro atoms. The van der Waals surface area contributed by atoms with Gasteiger partial charge in [0.1, 0.15) is 0 Å². The number of halogens is 1. The number of hydrogen-bond acceptors (Lipinski definition) is 5. The first-order valence-corrected chi connectivity index (χ1v) is 5.48. The van der Waals surface area contributed by atoms with E-state index in [-0.39, 0.29) is 18.6 Å². The topological polar surface area (TPSA) is 76.8 Å². The molecular formula is C9H6INO5. The van der Waals surface area contributed by atoms with E-state index in [2.05, 4.69) is 4.84 Å². The molecule has 1 aromatic rings. The monoisotopic (exact) mass is 335 g/mol. The molecule has 0 bridgehead atoms. The Morgan fingerprint density at radius 3 is 2.50 bits per heavy atom. The molecule has 1 fully saturated rings. The zero-order valence-electron chi connectivity index (χ0n) is 7.94. The van der Waals surface area contributed by atoms with Crippen molar-refractivity contribution in [2.45, 2.75) is 12.8 Å². The second-order valence-corrected chi connectivity index (χ2v) is 4.22. The van der Waals surface area contributed by atoms with Gasteiger partial charge in [-0.3, -0.25) is 9.59 Å². The van der Waals surface area contributed by atoms with E-state index in [1.807, 2.05) is 22.6 Å². The van der Waals surface area contributed by atoms with Crippen molar-refractivity contribution in [2.75, 3.05) is 0 Å². The first-order chi connectivity index (χ1) is 7.59. The maximum Gasteiger partial charge on any atom is 0.400 e. The highest BCUT2D eigenvalue weighted by Crippen LogP contribution is 2.17. The van der Waals surface area contributed by atoms with E-state index in [1.54, 1.807) is 6.07 Å². The zero-order valence-corrected chi connectivity index (χ0v) is 10.1. The third kappa shape index (κ3) is 1.94. The summed E-state index contributed by atoms with van der Waals surface area (Å²) in [6.45, 7) is 0. The molecule has 84 valence electrons. The molecule has 1 saturated heterocycles. The lowest BCUT2D eigenvalue weighted by atomic mass is 10.4.